The van der Waals surface area contributed by atoms with Crippen molar-refractivity contribution in [1.82, 2.24) is 9.97 Å². The van der Waals surface area contributed by atoms with E-state index in [2.05, 4.69) is 10.3 Å². The lowest BCUT2D eigenvalue weighted by Gasteiger charge is -2.04. The van der Waals surface area contributed by atoms with Gasteiger partial charge in [0.25, 0.3) is 11.5 Å². The number of nitrogens with one attached hydrogen (secondary N) is 3. The van der Waals surface area contributed by atoms with Crippen LogP contribution < -0.4 is 16.6 Å². The van der Waals surface area contributed by atoms with E-state index in [4.69, 9.17) is 11.6 Å². The molecule has 1 aromatic heterocycles. The first-order chi connectivity index (χ1) is 8.54. The molecule has 0 spiro atoms. The Hall–Kier alpha value is -2.34. The fourth-order valence-electron chi connectivity index (χ4n) is 1.33. The van der Waals surface area contributed by atoms with E-state index in [1.54, 1.807) is 12.1 Å². The van der Waals surface area contributed by atoms with Crippen molar-refractivity contribution in [1.29, 1.82) is 0 Å². The number of hydrogen-bond donors (Lipinski definition) is 3. The number of benzene rings is 1. The summed E-state index contributed by atoms with van der Waals surface area (Å²) in [6.07, 6.45) is 0. The average Bonchev–Trinajstić information content (AvgIpc) is 2.28. The van der Waals surface area contributed by atoms with Crippen molar-refractivity contribution >= 4 is 23.3 Å². The first-order valence-corrected chi connectivity index (χ1v) is 5.33. The molecule has 0 aliphatic heterocycles. The molecule has 0 radical (unpaired) electrons. The third kappa shape index (κ3) is 2.86. The van der Waals surface area contributed by atoms with Crippen molar-refractivity contribution in [2.24, 2.45) is 0 Å². The number of H-pyrrole nitrogens is 2. The number of carbonyl (C=O) groups excluding carboxylic acids is 1. The number of anilines is 1. The Labute approximate surface area is 106 Å². The van der Waals surface area contributed by atoms with Gasteiger partial charge in [0.15, 0.2) is 0 Å². The monoisotopic (exact) mass is 265 g/mol. The van der Waals surface area contributed by atoms with Crippen molar-refractivity contribution in [2.75, 3.05) is 5.32 Å². The van der Waals surface area contributed by atoms with E-state index in [9.17, 15) is 14.4 Å². The molecule has 1 amide bonds. The average molecular weight is 266 g/mol. The van der Waals surface area contributed by atoms with Gasteiger partial charge in [0.1, 0.15) is 5.82 Å². The summed E-state index contributed by atoms with van der Waals surface area (Å²) in [6, 6.07) is 7.27. The molecule has 0 aliphatic carbocycles. The van der Waals surface area contributed by atoms with Crippen molar-refractivity contribution < 1.29 is 4.79 Å². The van der Waals surface area contributed by atoms with Gasteiger partial charge in [-0.1, -0.05) is 11.6 Å². The predicted octanol–water partition coefficient (Wildman–Crippen LogP) is 0.969. The summed E-state index contributed by atoms with van der Waals surface area (Å²) in [6.45, 7) is 0. The topological polar surface area (TPSA) is 94.8 Å². The number of aromatic amines is 2. The second-order valence-electron chi connectivity index (χ2n) is 3.46. The van der Waals surface area contributed by atoms with Crippen LogP contribution in [-0.2, 0) is 0 Å². The van der Waals surface area contributed by atoms with Crippen LogP contribution in [0.15, 0.2) is 39.9 Å². The van der Waals surface area contributed by atoms with Crippen molar-refractivity contribution in [2.45, 2.75) is 0 Å². The van der Waals surface area contributed by atoms with Crippen LogP contribution in [0.25, 0.3) is 0 Å². The molecule has 92 valence electrons. The lowest BCUT2D eigenvalue weighted by Crippen LogP contribution is -2.24. The van der Waals surface area contributed by atoms with Gasteiger partial charge in [0.05, 0.1) is 0 Å². The van der Waals surface area contributed by atoms with E-state index in [0.717, 1.165) is 6.07 Å². The van der Waals surface area contributed by atoms with Crippen LogP contribution in [0.4, 0.5) is 5.82 Å². The standard InChI is InChI=1S/C11H8ClN3O3/c12-7-3-1-6(2-4-7)10(17)13-8-5-9(16)15-11(18)14-8/h1-5H,(H3,13,14,15,16,17,18). The second-order valence-corrected chi connectivity index (χ2v) is 3.90. The lowest BCUT2D eigenvalue weighted by atomic mass is 10.2. The summed E-state index contributed by atoms with van der Waals surface area (Å²) < 4.78 is 0. The highest BCUT2D eigenvalue weighted by molar-refractivity contribution is 6.30. The maximum Gasteiger partial charge on any atom is 0.327 e. The minimum absolute atomic E-state index is 0.0312. The molecule has 0 atom stereocenters. The minimum atomic E-state index is -0.686. The highest BCUT2D eigenvalue weighted by Crippen LogP contribution is 2.10. The molecule has 3 N–H and O–H groups in total. The Morgan fingerprint density at radius 2 is 1.78 bits per heavy atom. The van der Waals surface area contributed by atoms with E-state index in [0.29, 0.717) is 10.6 Å². The summed E-state index contributed by atoms with van der Waals surface area (Å²) >= 11 is 5.69. The molecule has 2 rings (SSSR count). The molecule has 0 fully saturated rings. The van der Waals surface area contributed by atoms with Gasteiger partial charge < -0.3 is 5.32 Å². The number of halogens is 1. The fraction of sp³-hybridized carbons (Fsp3) is 0. The van der Waals surface area contributed by atoms with Gasteiger partial charge in [-0.3, -0.25) is 19.6 Å². The third-order valence-corrected chi connectivity index (χ3v) is 2.37. The van der Waals surface area contributed by atoms with Crippen LogP contribution in [0.5, 0.6) is 0 Å². The van der Waals surface area contributed by atoms with Crippen LogP contribution in [0.3, 0.4) is 0 Å². The predicted molar refractivity (Wildman–Crippen MR) is 67.1 cm³/mol. The Balaban J connectivity index is 2.23. The van der Waals surface area contributed by atoms with Crippen molar-refractivity contribution in [3.8, 4) is 0 Å². The van der Waals surface area contributed by atoms with E-state index in [1.807, 2.05) is 4.98 Å². The van der Waals surface area contributed by atoms with Crippen molar-refractivity contribution in [3.05, 3.63) is 61.8 Å². The number of aromatic nitrogens is 2. The first-order valence-electron chi connectivity index (χ1n) is 4.95. The zero-order valence-electron chi connectivity index (χ0n) is 8.99. The van der Waals surface area contributed by atoms with E-state index in [-0.39, 0.29) is 5.82 Å². The molecular weight excluding hydrogens is 258 g/mol. The van der Waals surface area contributed by atoms with Gasteiger partial charge in [-0.25, -0.2) is 4.79 Å². The molecule has 18 heavy (non-hydrogen) atoms. The van der Waals surface area contributed by atoms with Gasteiger partial charge in [-0.15, -0.1) is 0 Å². The molecule has 6 nitrogen and oxygen atoms in total. The smallest absolute Gasteiger partial charge is 0.308 e. The number of hydrogen-bond acceptors (Lipinski definition) is 3. The number of amides is 1. The Morgan fingerprint density at radius 1 is 1.11 bits per heavy atom. The summed E-state index contributed by atoms with van der Waals surface area (Å²) in [5.74, 6) is -0.420. The quantitative estimate of drug-likeness (QED) is 0.755. The molecule has 0 aliphatic rings. The Morgan fingerprint density at radius 3 is 2.39 bits per heavy atom. The highest BCUT2D eigenvalue weighted by atomic mass is 35.5. The maximum absolute atomic E-state index is 11.8. The van der Waals surface area contributed by atoms with Crippen LogP contribution in [0, 0.1) is 0 Å². The lowest BCUT2D eigenvalue weighted by molar-refractivity contribution is 0.102. The summed E-state index contributed by atoms with van der Waals surface area (Å²) in [5, 5.41) is 2.91. The second kappa shape index (κ2) is 4.89. The van der Waals surface area contributed by atoms with Gasteiger partial charge in [0.2, 0.25) is 0 Å². The van der Waals surface area contributed by atoms with E-state index >= 15 is 0 Å². The van der Waals surface area contributed by atoms with Gasteiger partial charge >= 0.3 is 5.69 Å². The SMILES string of the molecule is O=C(Nc1cc(=O)[nH]c(=O)[nH]1)c1ccc(Cl)cc1. The van der Waals surface area contributed by atoms with Gasteiger partial charge in [0, 0.05) is 16.7 Å². The maximum atomic E-state index is 11.8. The molecule has 1 aromatic carbocycles. The van der Waals surface area contributed by atoms with Crippen LogP contribution in [0.1, 0.15) is 10.4 Å². The van der Waals surface area contributed by atoms with Crippen LogP contribution in [-0.4, -0.2) is 15.9 Å². The molecule has 7 heteroatoms. The van der Waals surface area contributed by atoms with E-state index < -0.39 is 17.2 Å². The van der Waals surface area contributed by atoms with E-state index in [1.165, 1.54) is 12.1 Å². The number of carbonyl (C=O) groups is 1. The van der Waals surface area contributed by atoms with Crippen molar-refractivity contribution in [3.63, 3.8) is 0 Å². The van der Waals surface area contributed by atoms with Crippen LogP contribution in [0.2, 0.25) is 5.02 Å². The van der Waals surface area contributed by atoms with Gasteiger partial charge in [-0.2, -0.15) is 0 Å². The largest absolute Gasteiger partial charge is 0.327 e. The molecular formula is C11H8ClN3O3. The number of rotatable bonds is 2. The summed E-state index contributed by atoms with van der Waals surface area (Å²) in [7, 11) is 0. The zero-order chi connectivity index (χ0) is 13.1. The van der Waals surface area contributed by atoms with Crippen LogP contribution >= 0.6 is 11.6 Å². The molecule has 2 aromatic rings. The van der Waals surface area contributed by atoms with Gasteiger partial charge in [-0.05, 0) is 24.3 Å². The molecule has 0 unspecified atom stereocenters. The summed E-state index contributed by atoms with van der Waals surface area (Å²) in [4.78, 5) is 38.1. The minimum Gasteiger partial charge on any atom is -0.308 e. The Bertz CT molecular complexity index is 659. The fourth-order valence-corrected chi connectivity index (χ4v) is 1.46. The molecule has 0 bridgehead atoms. The zero-order valence-corrected chi connectivity index (χ0v) is 9.75. The normalized spacial score (nSPS) is 10.1. The first kappa shape index (κ1) is 12.1. The molecule has 0 saturated carbocycles. The third-order valence-electron chi connectivity index (χ3n) is 2.11. The molecule has 0 saturated heterocycles. The summed E-state index contributed by atoms with van der Waals surface area (Å²) in [5.41, 5.74) is -0.917. The Kier molecular flexibility index (Phi) is 3.29. The molecule has 1 heterocycles. The highest BCUT2D eigenvalue weighted by Gasteiger charge is 2.06.